The molecule has 1 saturated carbocycles. The molecule has 0 aromatic carbocycles. The predicted octanol–water partition coefficient (Wildman–Crippen LogP) is 2.46. The molecule has 0 radical (unpaired) electrons. The lowest BCUT2D eigenvalue weighted by molar-refractivity contribution is 0.0994. The number of alkyl halides is 1. The first kappa shape index (κ1) is 13.6. The molecular formula is C12H22ClNO2S. The lowest BCUT2D eigenvalue weighted by atomic mass is 9.65. The third-order valence-corrected chi connectivity index (χ3v) is 6.21. The number of sulfonamides is 1. The molecule has 2 aliphatic rings. The van der Waals surface area contributed by atoms with E-state index < -0.39 is 10.0 Å². The Hall–Kier alpha value is 0.200. The summed E-state index contributed by atoms with van der Waals surface area (Å²) in [6, 6.07) is 0. The van der Waals surface area contributed by atoms with Crippen LogP contribution in [0.25, 0.3) is 0 Å². The van der Waals surface area contributed by atoms with Gasteiger partial charge in [-0.2, -0.15) is 0 Å². The summed E-state index contributed by atoms with van der Waals surface area (Å²) in [7, 11) is -3.01. The lowest BCUT2D eigenvalue weighted by Gasteiger charge is -2.44. The second kappa shape index (κ2) is 5.06. The van der Waals surface area contributed by atoms with Gasteiger partial charge in [0.2, 0.25) is 10.0 Å². The van der Waals surface area contributed by atoms with Gasteiger partial charge in [0, 0.05) is 19.0 Å². The molecule has 100 valence electrons. The molecule has 17 heavy (non-hydrogen) atoms. The number of rotatable bonds is 4. The van der Waals surface area contributed by atoms with Crippen molar-refractivity contribution < 1.29 is 8.42 Å². The van der Waals surface area contributed by atoms with Crippen molar-refractivity contribution in [3.63, 3.8) is 0 Å². The third-order valence-electron chi connectivity index (χ3n) is 4.37. The van der Waals surface area contributed by atoms with Crippen LogP contribution in [0.1, 0.15) is 38.5 Å². The largest absolute Gasteiger partial charge is 0.213 e. The van der Waals surface area contributed by atoms with Gasteiger partial charge in [-0.1, -0.05) is 6.42 Å². The van der Waals surface area contributed by atoms with Crippen molar-refractivity contribution >= 4 is 21.6 Å². The second-order valence-electron chi connectivity index (χ2n) is 5.82. The van der Waals surface area contributed by atoms with Crippen LogP contribution in [0.3, 0.4) is 0 Å². The molecule has 0 bridgehead atoms. The van der Waals surface area contributed by atoms with Gasteiger partial charge in [-0.15, -0.1) is 11.6 Å². The van der Waals surface area contributed by atoms with Gasteiger partial charge in [0.05, 0.1) is 6.26 Å². The fourth-order valence-electron chi connectivity index (χ4n) is 3.18. The number of nitrogens with zero attached hydrogens (tertiary/aromatic N) is 1. The Morgan fingerprint density at radius 2 is 2.06 bits per heavy atom. The fourth-order valence-corrected chi connectivity index (χ4v) is 4.49. The molecule has 0 spiro atoms. The SMILES string of the molecule is CS(=O)(=O)N1CCCC(CC2(CCl)CCC2)C1. The van der Waals surface area contributed by atoms with Gasteiger partial charge in [0.25, 0.3) is 0 Å². The van der Waals surface area contributed by atoms with E-state index in [0.717, 1.165) is 25.1 Å². The van der Waals surface area contributed by atoms with Gasteiger partial charge in [0.15, 0.2) is 0 Å². The molecule has 1 atom stereocenters. The van der Waals surface area contributed by atoms with Crippen LogP contribution in [0.15, 0.2) is 0 Å². The first-order chi connectivity index (χ1) is 7.95. The van der Waals surface area contributed by atoms with Crippen LogP contribution >= 0.6 is 11.6 Å². The maximum absolute atomic E-state index is 11.6. The summed E-state index contributed by atoms with van der Waals surface area (Å²) in [5.41, 5.74) is 0.326. The summed E-state index contributed by atoms with van der Waals surface area (Å²) < 4.78 is 24.7. The van der Waals surface area contributed by atoms with Crippen molar-refractivity contribution in [1.82, 2.24) is 4.31 Å². The van der Waals surface area contributed by atoms with E-state index >= 15 is 0 Å². The molecular weight excluding hydrogens is 258 g/mol. The van der Waals surface area contributed by atoms with Crippen molar-refractivity contribution in [2.75, 3.05) is 25.2 Å². The highest BCUT2D eigenvalue weighted by atomic mass is 35.5. The van der Waals surface area contributed by atoms with Gasteiger partial charge >= 0.3 is 0 Å². The van der Waals surface area contributed by atoms with Gasteiger partial charge < -0.3 is 0 Å². The molecule has 1 unspecified atom stereocenters. The zero-order valence-electron chi connectivity index (χ0n) is 10.5. The number of hydrogen-bond donors (Lipinski definition) is 0. The Balaban J connectivity index is 1.94. The van der Waals surface area contributed by atoms with Crippen molar-refractivity contribution in [3.8, 4) is 0 Å². The molecule has 1 saturated heterocycles. The Labute approximate surface area is 110 Å². The zero-order valence-corrected chi connectivity index (χ0v) is 12.1. The van der Waals surface area contributed by atoms with Crippen LogP contribution in [-0.2, 0) is 10.0 Å². The molecule has 0 amide bonds. The summed E-state index contributed by atoms with van der Waals surface area (Å²) in [6.07, 6.45) is 8.33. The Morgan fingerprint density at radius 1 is 1.35 bits per heavy atom. The van der Waals surface area contributed by atoms with Gasteiger partial charge in [-0.05, 0) is 43.4 Å². The average molecular weight is 280 g/mol. The standard InChI is InChI=1S/C12H22ClNO2S/c1-17(15,16)14-7-2-4-11(9-14)8-12(10-13)5-3-6-12/h11H,2-10H2,1H3. The topological polar surface area (TPSA) is 37.4 Å². The van der Waals surface area contributed by atoms with Crippen molar-refractivity contribution in [2.24, 2.45) is 11.3 Å². The van der Waals surface area contributed by atoms with Crippen molar-refractivity contribution in [3.05, 3.63) is 0 Å². The monoisotopic (exact) mass is 279 g/mol. The van der Waals surface area contributed by atoms with Crippen molar-refractivity contribution in [1.29, 1.82) is 0 Å². The number of piperidine rings is 1. The summed E-state index contributed by atoms with van der Waals surface area (Å²) in [4.78, 5) is 0. The van der Waals surface area contributed by atoms with Crippen LogP contribution in [0.5, 0.6) is 0 Å². The van der Waals surface area contributed by atoms with E-state index in [1.165, 1.54) is 25.5 Å². The van der Waals surface area contributed by atoms with E-state index in [-0.39, 0.29) is 0 Å². The van der Waals surface area contributed by atoms with Gasteiger partial charge in [-0.25, -0.2) is 12.7 Å². The molecule has 1 aliphatic heterocycles. The highest BCUT2D eigenvalue weighted by molar-refractivity contribution is 7.88. The zero-order chi connectivity index (χ0) is 12.5. The smallest absolute Gasteiger partial charge is 0.211 e. The minimum absolute atomic E-state index is 0.326. The first-order valence-corrected chi connectivity index (χ1v) is 8.85. The maximum Gasteiger partial charge on any atom is 0.211 e. The number of halogens is 1. The predicted molar refractivity (Wildman–Crippen MR) is 70.8 cm³/mol. The molecule has 0 aromatic heterocycles. The molecule has 2 rings (SSSR count). The van der Waals surface area contributed by atoms with E-state index in [1.54, 1.807) is 4.31 Å². The Bertz CT molecular complexity index is 359. The molecule has 1 heterocycles. The Kier molecular flexibility index (Phi) is 4.06. The van der Waals surface area contributed by atoms with Crippen LogP contribution < -0.4 is 0 Å². The summed E-state index contributed by atoms with van der Waals surface area (Å²) in [5, 5.41) is 0. The van der Waals surface area contributed by atoms with Gasteiger partial charge in [0.1, 0.15) is 0 Å². The maximum atomic E-state index is 11.6. The minimum atomic E-state index is -3.01. The summed E-state index contributed by atoms with van der Waals surface area (Å²) in [6.45, 7) is 1.40. The highest BCUT2D eigenvalue weighted by Gasteiger charge is 2.39. The van der Waals surface area contributed by atoms with Crippen LogP contribution in [0, 0.1) is 11.3 Å². The second-order valence-corrected chi connectivity index (χ2v) is 8.07. The van der Waals surface area contributed by atoms with Crippen LogP contribution in [0.4, 0.5) is 0 Å². The third kappa shape index (κ3) is 3.15. The molecule has 0 N–H and O–H groups in total. The van der Waals surface area contributed by atoms with Crippen LogP contribution in [-0.4, -0.2) is 37.9 Å². The lowest BCUT2D eigenvalue weighted by Crippen LogP contribution is -2.42. The molecule has 3 nitrogen and oxygen atoms in total. The van der Waals surface area contributed by atoms with E-state index in [4.69, 9.17) is 11.6 Å². The molecule has 1 aliphatic carbocycles. The van der Waals surface area contributed by atoms with Crippen LogP contribution in [0.2, 0.25) is 0 Å². The minimum Gasteiger partial charge on any atom is -0.213 e. The van der Waals surface area contributed by atoms with E-state index in [9.17, 15) is 8.42 Å². The fraction of sp³-hybridized carbons (Fsp3) is 1.00. The molecule has 2 fully saturated rings. The summed E-state index contributed by atoms with van der Waals surface area (Å²) in [5.74, 6) is 1.25. The number of hydrogen-bond acceptors (Lipinski definition) is 2. The molecule has 5 heteroatoms. The first-order valence-electron chi connectivity index (χ1n) is 6.46. The van der Waals surface area contributed by atoms with Crippen molar-refractivity contribution in [2.45, 2.75) is 38.5 Å². The van der Waals surface area contributed by atoms with E-state index in [2.05, 4.69) is 0 Å². The normalized spacial score (nSPS) is 29.9. The quantitative estimate of drug-likeness (QED) is 0.742. The molecule has 0 aromatic rings. The Morgan fingerprint density at radius 3 is 2.53 bits per heavy atom. The van der Waals surface area contributed by atoms with Gasteiger partial charge in [-0.3, -0.25) is 0 Å². The van der Waals surface area contributed by atoms with E-state index in [0.29, 0.717) is 24.4 Å². The van der Waals surface area contributed by atoms with E-state index in [1.807, 2.05) is 0 Å². The average Bonchev–Trinajstić information content (AvgIpc) is 2.23. The highest BCUT2D eigenvalue weighted by Crippen LogP contribution is 2.47. The summed E-state index contributed by atoms with van der Waals surface area (Å²) >= 11 is 6.07.